The molecular weight excluding hydrogens is 554 g/mol. The molecule has 0 heterocycles. The van der Waals surface area contributed by atoms with Crippen LogP contribution >= 0.6 is 27.5 Å². The summed E-state index contributed by atoms with van der Waals surface area (Å²) < 4.78 is 27.1. The molecule has 0 aromatic heterocycles. The third kappa shape index (κ3) is 7.95. The van der Waals surface area contributed by atoms with Gasteiger partial charge in [0.1, 0.15) is 12.6 Å². The molecule has 2 amide bonds. The minimum atomic E-state index is -3.77. The Morgan fingerprint density at radius 2 is 1.66 bits per heavy atom. The number of benzene rings is 2. The van der Waals surface area contributed by atoms with Crippen molar-refractivity contribution in [3.05, 3.63) is 63.6 Å². The van der Waals surface area contributed by atoms with Gasteiger partial charge in [-0.25, -0.2) is 8.42 Å². The SMILES string of the molecule is C[C@H](C(=O)NC1CCCCC1)N(Cc1ccc(Br)cc1)C(=O)CN(c1ccc(Cl)cc1)S(C)(=O)=O. The number of amides is 2. The fourth-order valence-corrected chi connectivity index (χ4v) is 5.40. The van der Waals surface area contributed by atoms with E-state index >= 15 is 0 Å². The van der Waals surface area contributed by atoms with E-state index in [1.807, 2.05) is 24.3 Å². The molecule has 2 aromatic carbocycles. The molecule has 0 aliphatic heterocycles. The molecule has 7 nitrogen and oxygen atoms in total. The van der Waals surface area contributed by atoms with Crippen molar-refractivity contribution in [2.75, 3.05) is 17.1 Å². The smallest absolute Gasteiger partial charge is 0.244 e. The van der Waals surface area contributed by atoms with Crippen molar-refractivity contribution < 1.29 is 18.0 Å². The highest BCUT2D eigenvalue weighted by atomic mass is 79.9. The summed E-state index contributed by atoms with van der Waals surface area (Å²) in [5.74, 6) is -0.709. The quantitative estimate of drug-likeness (QED) is 0.462. The Morgan fingerprint density at radius 3 is 2.23 bits per heavy atom. The van der Waals surface area contributed by atoms with Crippen LogP contribution in [0.5, 0.6) is 0 Å². The van der Waals surface area contributed by atoms with Gasteiger partial charge in [-0.3, -0.25) is 13.9 Å². The standard InChI is InChI=1S/C25H31BrClN3O4S/c1-18(25(32)28-22-6-4-3-5-7-22)29(16-19-8-10-20(26)11-9-19)24(31)17-30(35(2,33)34)23-14-12-21(27)13-15-23/h8-15,18,22H,3-7,16-17H2,1-2H3,(H,28,32)/t18-/m1/s1. The number of nitrogens with zero attached hydrogens (tertiary/aromatic N) is 2. The van der Waals surface area contributed by atoms with Gasteiger partial charge in [0.2, 0.25) is 21.8 Å². The van der Waals surface area contributed by atoms with Crippen LogP contribution < -0.4 is 9.62 Å². The largest absolute Gasteiger partial charge is 0.352 e. The first-order valence-electron chi connectivity index (χ1n) is 11.6. The van der Waals surface area contributed by atoms with Crippen molar-refractivity contribution in [3.63, 3.8) is 0 Å². The number of rotatable bonds is 9. The summed E-state index contributed by atoms with van der Waals surface area (Å²) in [5, 5.41) is 3.54. The molecule has 1 fully saturated rings. The summed E-state index contributed by atoms with van der Waals surface area (Å²) in [4.78, 5) is 28.1. The van der Waals surface area contributed by atoms with Crippen molar-refractivity contribution in [1.29, 1.82) is 0 Å². The second kappa shape index (κ2) is 12.2. The molecule has 10 heteroatoms. The van der Waals surface area contributed by atoms with E-state index in [2.05, 4.69) is 21.2 Å². The highest BCUT2D eigenvalue weighted by molar-refractivity contribution is 9.10. The summed E-state index contributed by atoms with van der Waals surface area (Å²) in [5.41, 5.74) is 1.16. The number of carbonyl (C=O) groups is 2. The Hall–Kier alpha value is -2.10. The molecule has 1 saturated carbocycles. The van der Waals surface area contributed by atoms with Gasteiger partial charge in [-0.2, -0.15) is 0 Å². The van der Waals surface area contributed by atoms with E-state index in [1.165, 1.54) is 11.3 Å². The molecule has 1 aliphatic rings. The maximum Gasteiger partial charge on any atom is 0.244 e. The van der Waals surface area contributed by atoms with Crippen LogP contribution in [0.25, 0.3) is 0 Å². The van der Waals surface area contributed by atoms with Gasteiger partial charge in [0.15, 0.2) is 0 Å². The van der Waals surface area contributed by atoms with E-state index in [4.69, 9.17) is 11.6 Å². The molecule has 3 rings (SSSR count). The zero-order valence-corrected chi connectivity index (χ0v) is 23.1. The van der Waals surface area contributed by atoms with Gasteiger partial charge in [0, 0.05) is 22.1 Å². The molecule has 35 heavy (non-hydrogen) atoms. The molecule has 1 atom stereocenters. The minimum absolute atomic E-state index is 0.102. The molecule has 1 N–H and O–H groups in total. The topological polar surface area (TPSA) is 86.8 Å². The van der Waals surface area contributed by atoms with Crippen LogP contribution in [-0.2, 0) is 26.2 Å². The molecule has 0 bridgehead atoms. The first-order chi connectivity index (χ1) is 16.5. The lowest BCUT2D eigenvalue weighted by atomic mass is 9.95. The summed E-state index contributed by atoms with van der Waals surface area (Å²) in [6.07, 6.45) is 6.22. The molecule has 0 spiro atoms. The van der Waals surface area contributed by atoms with E-state index in [-0.39, 0.29) is 18.5 Å². The van der Waals surface area contributed by atoms with Gasteiger partial charge in [-0.05, 0) is 61.7 Å². The van der Waals surface area contributed by atoms with Crippen LogP contribution in [0.3, 0.4) is 0 Å². The van der Waals surface area contributed by atoms with Crippen molar-refractivity contribution in [2.45, 2.75) is 57.7 Å². The zero-order chi connectivity index (χ0) is 25.6. The molecular formula is C25H31BrClN3O4S. The third-order valence-corrected chi connectivity index (χ3v) is 8.10. The lowest BCUT2D eigenvalue weighted by Gasteiger charge is -2.33. The van der Waals surface area contributed by atoms with Crippen LogP contribution in [0.2, 0.25) is 5.02 Å². The van der Waals surface area contributed by atoms with Crippen molar-refractivity contribution >= 4 is 55.1 Å². The van der Waals surface area contributed by atoms with Gasteiger partial charge in [0.25, 0.3) is 0 Å². The molecule has 0 radical (unpaired) electrons. The average molecular weight is 585 g/mol. The highest BCUT2D eigenvalue weighted by Gasteiger charge is 2.31. The molecule has 0 saturated heterocycles. The zero-order valence-electron chi connectivity index (χ0n) is 19.9. The first kappa shape index (κ1) is 27.5. The number of carbonyl (C=O) groups excluding carboxylic acids is 2. The van der Waals surface area contributed by atoms with Gasteiger partial charge >= 0.3 is 0 Å². The fourth-order valence-electron chi connectivity index (χ4n) is 4.16. The normalized spacial score (nSPS) is 15.3. The lowest BCUT2D eigenvalue weighted by molar-refractivity contribution is -0.139. The van der Waals surface area contributed by atoms with Crippen LogP contribution in [0.4, 0.5) is 5.69 Å². The molecule has 2 aromatic rings. The lowest BCUT2D eigenvalue weighted by Crippen LogP contribution is -2.52. The fraction of sp³-hybridized carbons (Fsp3) is 0.440. The number of hydrogen-bond donors (Lipinski definition) is 1. The Morgan fingerprint density at radius 1 is 1.06 bits per heavy atom. The van der Waals surface area contributed by atoms with E-state index in [0.717, 1.165) is 46.3 Å². The summed E-state index contributed by atoms with van der Waals surface area (Å²) in [6.45, 7) is 1.42. The van der Waals surface area contributed by atoms with Crippen LogP contribution in [0, 0.1) is 0 Å². The van der Waals surface area contributed by atoms with Crippen LogP contribution in [-0.4, -0.2) is 50.0 Å². The highest BCUT2D eigenvalue weighted by Crippen LogP contribution is 2.22. The minimum Gasteiger partial charge on any atom is -0.352 e. The van der Waals surface area contributed by atoms with Gasteiger partial charge < -0.3 is 10.2 Å². The average Bonchev–Trinajstić information content (AvgIpc) is 2.82. The van der Waals surface area contributed by atoms with E-state index < -0.39 is 28.5 Å². The number of halogens is 2. The summed E-state index contributed by atoms with van der Waals surface area (Å²) in [7, 11) is -3.77. The Balaban J connectivity index is 1.85. The number of hydrogen-bond acceptors (Lipinski definition) is 4. The maximum absolute atomic E-state index is 13.6. The van der Waals surface area contributed by atoms with E-state index in [0.29, 0.717) is 10.7 Å². The van der Waals surface area contributed by atoms with Gasteiger partial charge in [-0.1, -0.05) is 58.9 Å². The van der Waals surface area contributed by atoms with Gasteiger partial charge in [-0.15, -0.1) is 0 Å². The molecule has 190 valence electrons. The second-order valence-electron chi connectivity index (χ2n) is 8.91. The maximum atomic E-state index is 13.6. The summed E-state index contributed by atoms with van der Waals surface area (Å²) >= 11 is 9.36. The first-order valence-corrected chi connectivity index (χ1v) is 14.6. The number of sulfonamides is 1. The predicted molar refractivity (Wildman–Crippen MR) is 143 cm³/mol. The van der Waals surface area contributed by atoms with Crippen molar-refractivity contribution in [2.24, 2.45) is 0 Å². The van der Waals surface area contributed by atoms with E-state index in [1.54, 1.807) is 31.2 Å². The Labute approximate surface area is 221 Å². The predicted octanol–water partition coefficient (Wildman–Crippen LogP) is 4.73. The monoisotopic (exact) mass is 583 g/mol. The van der Waals surface area contributed by atoms with Crippen LogP contribution in [0.15, 0.2) is 53.0 Å². The molecule has 0 unspecified atom stereocenters. The Kier molecular flexibility index (Phi) is 9.61. The van der Waals surface area contributed by atoms with E-state index in [9.17, 15) is 18.0 Å². The van der Waals surface area contributed by atoms with Crippen molar-refractivity contribution in [1.82, 2.24) is 10.2 Å². The number of nitrogens with one attached hydrogen (secondary N) is 1. The van der Waals surface area contributed by atoms with Crippen LogP contribution in [0.1, 0.15) is 44.6 Å². The summed E-state index contributed by atoms with van der Waals surface area (Å²) in [6, 6.07) is 13.0. The Bertz CT molecular complexity index is 1120. The third-order valence-electron chi connectivity index (χ3n) is 6.18. The van der Waals surface area contributed by atoms with Gasteiger partial charge in [0.05, 0.1) is 11.9 Å². The van der Waals surface area contributed by atoms with Crippen molar-refractivity contribution in [3.8, 4) is 0 Å². The second-order valence-corrected chi connectivity index (χ2v) is 12.2. The molecule has 1 aliphatic carbocycles. The number of anilines is 1.